The molecule has 0 bridgehead atoms. The molecule has 44 heavy (non-hydrogen) atoms. The number of alkyl halides is 9. The van der Waals surface area contributed by atoms with Crippen molar-refractivity contribution in [2.75, 3.05) is 11.9 Å². The van der Waals surface area contributed by atoms with Gasteiger partial charge in [0, 0.05) is 18.8 Å². The van der Waals surface area contributed by atoms with E-state index >= 15 is 0 Å². The second kappa shape index (κ2) is 11.7. The minimum Gasteiger partial charge on any atom is -0.325 e. The Balaban J connectivity index is 1.53. The van der Waals surface area contributed by atoms with Gasteiger partial charge in [0.25, 0.3) is 0 Å². The molecule has 3 aromatic rings. The highest BCUT2D eigenvalue weighted by atomic mass is 32.2. The number of nitrogens with zero attached hydrogens (tertiary/aromatic N) is 1. The second-order valence-electron chi connectivity index (χ2n) is 10.2. The zero-order chi connectivity index (χ0) is 32.8. The van der Waals surface area contributed by atoms with Crippen LogP contribution in [0.5, 0.6) is 0 Å². The maximum atomic E-state index is 13.9. The van der Waals surface area contributed by atoms with Gasteiger partial charge in [-0.05, 0) is 71.5 Å². The summed E-state index contributed by atoms with van der Waals surface area (Å²) in [6.07, 6.45) is -15.7. The number of rotatable bonds is 6. The van der Waals surface area contributed by atoms with Crippen molar-refractivity contribution in [1.82, 2.24) is 4.31 Å². The molecule has 1 N–H and O–H groups in total. The van der Waals surface area contributed by atoms with Crippen molar-refractivity contribution >= 4 is 21.6 Å². The molecule has 0 unspecified atom stereocenters. The summed E-state index contributed by atoms with van der Waals surface area (Å²) in [5.74, 6) is -3.37. The van der Waals surface area contributed by atoms with E-state index in [-0.39, 0.29) is 31.1 Å². The van der Waals surface area contributed by atoms with Crippen molar-refractivity contribution < 1.29 is 57.1 Å². The molecule has 0 radical (unpaired) electrons. The Kier molecular flexibility index (Phi) is 8.83. The van der Waals surface area contributed by atoms with E-state index in [4.69, 9.17) is 0 Å². The minimum absolute atomic E-state index is 0.0111. The highest BCUT2D eigenvalue weighted by Crippen LogP contribution is 2.38. The molecule has 0 spiro atoms. The summed E-state index contributed by atoms with van der Waals surface area (Å²) in [5.41, 5.74) is -3.73. The number of hydrogen-bond donors (Lipinski definition) is 1. The van der Waals surface area contributed by atoms with E-state index in [2.05, 4.69) is 5.32 Å². The first-order chi connectivity index (χ1) is 20.1. The van der Waals surface area contributed by atoms with Crippen LogP contribution < -0.4 is 5.32 Å². The lowest BCUT2D eigenvalue weighted by Crippen LogP contribution is -2.37. The SMILES string of the molecule is Cc1ccc2c(c1NC(=O)Cc1ccc(C(F)(F)F)c(F)c1)CCN(S(=O)(=O)Cc1cc(C(F)(F)F)cc(C(F)(F)F)c1)C2. The van der Waals surface area contributed by atoms with Gasteiger partial charge in [-0.15, -0.1) is 0 Å². The summed E-state index contributed by atoms with van der Waals surface area (Å²) in [4.78, 5) is 12.7. The Hall–Kier alpha value is -3.66. The number of carbonyl (C=O) groups is 1. The maximum absolute atomic E-state index is 13.9. The number of carbonyl (C=O) groups excluding carboxylic acids is 1. The van der Waals surface area contributed by atoms with Crippen LogP contribution in [0.4, 0.5) is 49.6 Å². The predicted octanol–water partition coefficient (Wildman–Crippen LogP) is 7.26. The van der Waals surface area contributed by atoms with Gasteiger partial charge in [0.15, 0.2) is 0 Å². The average molecular weight is 657 g/mol. The number of aryl methyl sites for hydroxylation is 1. The molecule has 0 aliphatic carbocycles. The topological polar surface area (TPSA) is 66.5 Å². The Morgan fingerprint density at radius 2 is 1.45 bits per heavy atom. The number of hydrogen-bond acceptors (Lipinski definition) is 3. The van der Waals surface area contributed by atoms with Gasteiger partial charge in [-0.1, -0.05) is 18.2 Å². The summed E-state index contributed by atoms with van der Waals surface area (Å²) in [7, 11) is -4.41. The molecule has 1 aliphatic heterocycles. The van der Waals surface area contributed by atoms with Crippen molar-refractivity contribution in [1.29, 1.82) is 0 Å². The Morgan fingerprint density at radius 3 is 2.00 bits per heavy atom. The predicted molar refractivity (Wildman–Crippen MR) is 138 cm³/mol. The molecule has 4 rings (SSSR count). The molecule has 16 heteroatoms. The molecule has 0 fully saturated rings. The van der Waals surface area contributed by atoms with Gasteiger partial charge < -0.3 is 5.32 Å². The van der Waals surface area contributed by atoms with E-state index < -0.39 is 74.7 Å². The van der Waals surface area contributed by atoms with Gasteiger partial charge in [0.2, 0.25) is 15.9 Å². The molecule has 0 saturated heterocycles. The zero-order valence-corrected chi connectivity index (χ0v) is 23.3. The third-order valence-electron chi connectivity index (χ3n) is 6.93. The monoisotopic (exact) mass is 656 g/mol. The van der Waals surface area contributed by atoms with E-state index in [0.29, 0.717) is 46.6 Å². The first-order valence-electron chi connectivity index (χ1n) is 12.7. The number of amides is 1. The standard InChI is InChI=1S/C28H22F10N2O3S/c1-15-2-4-18-13-40(44(42,43)14-17-8-19(26(30,31)32)12-20(9-17)27(33,34)35)7-6-21(18)25(15)39-24(41)11-16-3-5-22(23(29)10-16)28(36,37)38/h2-5,8-10,12H,6-7,11,13-14H2,1H3,(H,39,41). The van der Waals surface area contributed by atoms with Gasteiger partial charge in [0.1, 0.15) is 5.82 Å². The first-order valence-corrected chi connectivity index (χ1v) is 14.3. The molecule has 5 nitrogen and oxygen atoms in total. The third-order valence-corrected chi connectivity index (χ3v) is 8.73. The normalized spacial score (nSPS) is 14.8. The fourth-order valence-corrected chi connectivity index (χ4v) is 6.31. The van der Waals surface area contributed by atoms with Crippen LogP contribution in [0.2, 0.25) is 0 Å². The quantitative estimate of drug-likeness (QED) is 0.284. The fourth-order valence-electron chi connectivity index (χ4n) is 4.83. The van der Waals surface area contributed by atoms with Crippen molar-refractivity contribution in [3.8, 4) is 0 Å². The summed E-state index contributed by atoms with van der Waals surface area (Å²) in [6, 6.07) is 5.79. The number of benzene rings is 3. The fraction of sp³-hybridized carbons (Fsp3) is 0.321. The lowest BCUT2D eigenvalue weighted by Gasteiger charge is -2.30. The van der Waals surface area contributed by atoms with Gasteiger partial charge in [-0.3, -0.25) is 4.79 Å². The average Bonchev–Trinajstić information content (AvgIpc) is 2.88. The summed E-state index contributed by atoms with van der Waals surface area (Å²) in [5, 5.41) is 2.62. The molecule has 238 valence electrons. The van der Waals surface area contributed by atoms with E-state index in [0.717, 1.165) is 10.4 Å². The maximum Gasteiger partial charge on any atom is 0.419 e. The van der Waals surface area contributed by atoms with E-state index in [9.17, 15) is 57.1 Å². The molecule has 3 aromatic carbocycles. The molecule has 1 amide bonds. The van der Waals surface area contributed by atoms with Crippen LogP contribution >= 0.6 is 0 Å². The lowest BCUT2D eigenvalue weighted by molar-refractivity contribution is -0.143. The van der Waals surface area contributed by atoms with Gasteiger partial charge in [0.05, 0.1) is 28.9 Å². The van der Waals surface area contributed by atoms with Crippen LogP contribution in [-0.2, 0) is 58.5 Å². The van der Waals surface area contributed by atoms with Crippen molar-refractivity contribution in [3.63, 3.8) is 0 Å². The highest BCUT2D eigenvalue weighted by Gasteiger charge is 2.38. The van der Waals surface area contributed by atoms with Crippen LogP contribution in [0.15, 0.2) is 48.5 Å². The van der Waals surface area contributed by atoms with Crippen LogP contribution in [-0.4, -0.2) is 25.2 Å². The Bertz CT molecular complexity index is 1670. The van der Waals surface area contributed by atoms with Crippen molar-refractivity contribution in [2.45, 2.75) is 50.6 Å². The Labute approximate surface area is 244 Å². The van der Waals surface area contributed by atoms with E-state index in [1.54, 1.807) is 19.1 Å². The number of anilines is 1. The highest BCUT2D eigenvalue weighted by molar-refractivity contribution is 7.88. The molecule has 0 aromatic heterocycles. The van der Waals surface area contributed by atoms with Crippen LogP contribution in [0.3, 0.4) is 0 Å². The Morgan fingerprint density at radius 1 is 0.841 bits per heavy atom. The number of sulfonamides is 1. The van der Waals surface area contributed by atoms with E-state index in [1.807, 2.05) is 0 Å². The number of halogens is 10. The summed E-state index contributed by atoms with van der Waals surface area (Å²) >= 11 is 0. The summed E-state index contributed by atoms with van der Waals surface area (Å²) < 4.78 is 159. The van der Waals surface area contributed by atoms with Crippen molar-refractivity contribution in [3.05, 3.63) is 98.9 Å². The van der Waals surface area contributed by atoms with Crippen LogP contribution in [0.1, 0.15) is 44.5 Å². The molecule has 0 atom stereocenters. The van der Waals surface area contributed by atoms with Crippen LogP contribution in [0, 0.1) is 12.7 Å². The van der Waals surface area contributed by atoms with Gasteiger partial charge >= 0.3 is 18.5 Å². The molecule has 1 heterocycles. The number of nitrogens with one attached hydrogen (secondary N) is 1. The molecular weight excluding hydrogens is 634 g/mol. The first kappa shape index (κ1) is 33.2. The molecule has 0 saturated carbocycles. The number of fused-ring (bicyclic) bond motifs is 1. The zero-order valence-electron chi connectivity index (χ0n) is 22.5. The lowest BCUT2D eigenvalue weighted by atomic mass is 9.95. The largest absolute Gasteiger partial charge is 0.419 e. The van der Waals surface area contributed by atoms with Gasteiger partial charge in [-0.2, -0.15) is 43.8 Å². The smallest absolute Gasteiger partial charge is 0.325 e. The van der Waals surface area contributed by atoms with Crippen molar-refractivity contribution in [2.24, 2.45) is 0 Å². The van der Waals surface area contributed by atoms with Crippen LogP contribution in [0.25, 0.3) is 0 Å². The molecular formula is C28H22F10N2O3S. The second-order valence-corrected chi connectivity index (χ2v) is 12.2. The summed E-state index contributed by atoms with van der Waals surface area (Å²) in [6.45, 7) is 1.12. The third kappa shape index (κ3) is 7.52. The van der Waals surface area contributed by atoms with E-state index in [1.165, 1.54) is 0 Å². The van der Waals surface area contributed by atoms with Gasteiger partial charge in [-0.25, -0.2) is 12.8 Å². The minimum atomic E-state index is -5.15. The molecule has 1 aliphatic rings.